The molecule has 1 aromatic carbocycles. The number of carbonyl (C=O) groups excluding carboxylic acids is 3. The van der Waals surface area contributed by atoms with Crippen LogP contribution in [0.15, 0.2) is 23.3 Å². The van der Waals surface area contributed by atoms with E-state index >= 15 is 0 Å². The zero-order valence-corrected chi connectivity index (χ0v) is 56.2. The molecule has 6 fully saturated rings. The van der Waals surface area contributed by atoms with Crippen molar-refractivity contribution in [2.24, 2.45) is 17.3 Å². The summed E-state index contributed by atoms with van der Waals surface area (Å²) in [5.74, 6) is 10.7. The first-order valence-corrected chi connectivity index (χ1v) is 33.5. The van der Waals surface area contributed by atoms with Gasteiger partial charge < -0.3 is 87.7 Å². The van der Waals surface area contributed by atoms with Gasteiger partial charge in [-0.2, -0.15) is 10.7 Å². The molecule has 27 heteroatoms. The summed E-state index contributed by atoms with van der Waals surface area (Å²) in [7, 11) is 8.44. The number of hydroxylamine groups is 1. The Morgan fingerprint density at radius 3 is 2.30 bits per heavy atom. The Morgan fingerprint density at radius 1 is 0.932 bits per heavy atom. The van der Waals surface area contributed by atoms with Crippen molar-refractivity contribution in [3.63, 3.8) is 0 Å². The van der Waals surface area contributed by atoms with Crippen molar-refractivity contribution in [1.29, 1.82) is 5.26 Å². The molecule has 88 heavy (non-hydrogen) atoms. The van der Waals surface area contributed by atoms with Crippen LogP contribution in [0.5, 0.6) is 17.2 Å². The van der Waals surface area contributed by atoms with E-state index in [1.54, 1.807) is 61.7 Å². The third kappa shape index (κ3) is 14.3. The first-order chi connectivity index (χ1) is 41.7. The van der Waals surface area contributed by atoms with Crippen molar-refractivity contribution in [3.8, 4) is 47.0 Å². The molecule has 7 N–H and O–H groups in total. The van der Waals surface area contributed by atoms with E-state index < -0.39 is 130 Å². The maximum Gasteiger partial charge on any atom is 0.229 e. The van der Waals surface area contributed by atoms with Crippen LogP contribution in [0.25, 0.3) is 0 Å². The number of likely N-dealkylation sites (N-methyl/N-ethyl adjacent to an activating group) is 1. The SMILES string of the molecule is CCN[C@H]1CO[C@@H](O[C@H]2[C@H](O[C@H]3C#C/C=C(/C)C#CC45C(CC(C)=O)C(=O)C[C@]4(O)/C(=C/CSSC(C)(C)C#N)C35)O[C@H](C)[C@@H](NO[C@H]3C[C@H](O)[C@H](SC(=O)c4c(C)c(I)c(O[C@@H]5O[C@@H](C)[C@H](O)[C@@H](OC)[C@H]5O)c(OC)c4OC)[C@@H](C)O3)[C@@H]2O)C[C@@H]1OC. The number of aliphatic hydroxyl groups is 5. The van der Waals surface area contributed by atoms with Crippen molar-refractivity contribution in [3.05, 3.63) is 38.0 Å². The van der Waals surface area contributed by atoms with E-state index in [1.807, 2.05) is 35.6 Å². The smallest absolute Gasteiger partial charge is 0.229 e. The highest BCUT2D eigenvalue weighted by atomic mass is 127. The van der Waals surface area contributed by atoms with Crippen LogP contribution in [0, 0.1) is 62.8 Å². The number of hydrogen-bond donors (Lipinski definition) is 7. The first-order valence-electron chi connectivity index (χ1n) is 29.3. The standard InChI is InChI=1S/C61H82IN3O20S3/c1-14-64-36-26-78-41(24-40(36)74-10)83-53-48(70)46(31(5)80-58(53)82-39-17-15-16-28(2)18-20-60-35(22-29(3)66)38(68)25-61(60,73)34(44(39)60)19-21-86-88-59(8,9)27-63)65-85-42-23-37(67)55(33(7)79-42)87-56(72)43-30(4)45(62)51(54(77-13)50(43)75-11)84-57-49(71)52(76-12)47(69)32(6)81-57/h16,19,31-33,35-37,39-42,44,46-49,52-53,55,57-58,64-65,67,69-71,73H,14,21-26H2,1-13H3/b28-16-,34-19+/t31-,32+,33-,35?,36+,37+,39+,40+,41+,42+,44?,46-,47+,48+,49-,52-,53-,55-,57+,58+,60?,61+/m1/s1. The lowest BCUT2D eigenvalue weighted by Crippen LogP contribution is -2.69. The summed E-state index contributed by atoms with van der Waals surface area (Å²) in [6.07, 6.45) is -13.3. The highest BCUT2D eigenvalue weighted by Crippen LogP contribution is 2.70. The second kappa shape index (κ2) is 29.9. The van der Waals surface area contributed by atoms with Gasteiger partial charge in [0.05, 0.1) is 89.3 Å². The first kappa shape index (κ1) is 70.7. The average Bonchev–Trinajstić information content (AvgIpc) is 1.43. The van der Waals surface area contributed by atoms with Gasteiger partial charge in [-0.25, -0.2) is 0 Å². The Balaban J connectivity index is 1.03. The minimum absolute atomic E-state index is 0.0310. The van der Waals surface area contributed by atoms with Crippen molar-refractivity contribution in [2.75, 3.05) is 47.3 Å². The quantitative estimate of drug-likeness (QED) is 0.0202. The lowest BCUT2D eigenvalue weighted by Gasteiger charge is -2.60. The summed E-state index contributed by atoms with van der Waals surface area (Å²) in [4.78, 5) is 47.8. The maximum absolute atomic E-state index is 14.5. The van der Waals surface area contributed by atoms with E-state index in [1.165, 1.54) is 49.8 Å². The molecular weight excluding hydrogens is 1320 g/mol. The van der Waals surface area contributed by atoms with Crippen molar-refractivity contribution >= 4 is 72.6 Å². The van der Waals surface area contributed by atoms with E-state index in [0.29, 0.717) is 32.6 Å². The normalized spacial score (nSPS) is 39.0. The Hall–Kier alpha value is -3.14. The Kier molecular flexibility index (Phi) is 24.0. The lowest BCUT2D eigenvalue weighted by atomic mass is 9.44. The molecule has 4 saturated heterocycles. The number of carbonyl (C=O) groups is 3. The molecule has 3 aliphatic carbocycles. The minimum Gasteiger partial charge on any atom is -0.492 e. The summed E-state index contributed by atoms with van der Waals surface area (Å²) in [5.41, 5.74) is 1.17. The third-order valence-corrected chi connectivity index (χ3v) is 22.9. The number of nitrogens with zero attached hydrogens (tertiary/aromatic N) is 1. The van der Waals surface area contributed by atoms with Gasteiger partial charge in [0.15, 0.2) is 30.4 Å². The number of thioether (sulfide) groups is 1. The molecule has 3 unspecified atom stereocenters. The molecule has 0 aromatic heterocycles. The van der Waals surface area contributed by atoms with Crippen LogP contribution in [0.3, 0.4) is 0 Å². The fourth-order valence-corrected chi connectivity index (χ4v) is 16.5. The van der Waals surface area contributed by atoms with E-state index in [9.17, 15) is 45.2 Å². The van der Waals surface area contributed by atoms with Gasteiger partial charge in [-0.15, -0.1) is 0 Å². The number of methoxy groups -OCH3 is 4. The fourth-order valence-electron chi connectivity index (χ4n) is 12.7. The van der Waals surface area contributed by atoms with E-state index in [-0.39, 0.29) is 78.8 Å². The van der Waals surface area contributed by atoms with E-state index in [2.05, 4.69) is 40.5 Å². The molecule has 0 bridgehead atoms. The summed E-state index contributed by atoms with van der Waals surface area (Å²) in [6.45, 7) is 16.3. The molecule has 0 amide bonds. The number of nitrogens with one attached hydrogen (secondary N) is 2. The molecule has 4 aliphatic heterocycles. The molecule has 22 atom stereocenters. The molecule has 486 valence electrons. The molecule has 4 heterocycles. The van der Waals surface area contributed by atoms with Gasteiger partial charge in [-0.3, -0.25) is 14.4 Å². The summed E-state index contributed by atoms with van der Waals surface area (Å²) in [6, 6.07) is 1.05. The lowest BCUT2D eigenvalue weighted by molar-refractivity contribution is -0.342. The number of Topliss-reactive ketones (excluding diaryl/α,β-unsaturated/α-hetero) is 2. The van der Waals surface area contributed by atoms with E-state index in [0.717, 1.165) is 11.8 Å². The zero-order valence-electron chi connectivity index (χ0n) is 51.6. The van der Waals surface area contributed by atoms with Crippen molar-refractivity contribution in [2.45, 2.75) is 208 Å². The highest BCUT2D eigenvalue weighted by molar-refractivity contribution is 14.1. The molecule has 1 spiro atoms. The molecule has 7 aliphatic rings. The van der Waals surface area contributed by atoms with Crippen LogP contribution >= 0.6 is 55.9 Å². The number of benzene rings is 1. The van der Waals surface area contributed by atoms with Crippen LogP contribution in [0.1, 0.15) is 97.0 Å². The number of aliphatic hydroxyl groups excluding tert-OH is 4. The molecule has 1 aromatic rings. The molecule has 0 radical (unpaired) electrons. The maximum atomic E-state index is 14.5. The van der Waals surface area contributed by atoms with Gasteiger partial charge in [0, 0.05) is 63.1 Å². The molecular formula is C61H82IN3O20S3. The van der Waals surface area contributed by atoms with E-state index in [4.69, 9.17) is 56.9 Å². The number of nitriles is 1. The molecule has 2 saturated carbocycles. The largest absolute Gasteiger partial charge is 0.492 e. The predicted molar refractivity (Wildman–Crippen MR) is 333 cm³/mol. The summed E-state index contributed by atoms with van der Waals surface area (Å²) < 4.78 is 67.6. The highest BCUT2D eigenvalue weighted by Gasteiger charge is 2.78. The van der Waals surface area contributed by atoms with Crippen LogP contribution < -0.4 is 25.0 Å². The monoisotopic (exact) mass is 1400 g/mol. The zero-order chi connectivity index (χ0) is 64.3. The van der Waals surface area contributed by atoms with Crippen LogP contribution in [-0.4, -0.2) is 210 Å². The van der Waals surface area contributed by atoms with Crippen LogP contribution in [-0.2, 0) is 52.3 Å². The number of rotatable bonds is 23. The van der Waals surface area contributed by atoms with Crippen molar-refractivity contribution < 1.29 is 96.9 Å². The number of halogens is 1. The molecule has 23 nitrogen and oxygen atoms in total. The van der Waals surface area contributed by atoms with Gasteiger partial charge in [-0.05, 0) is 102 Å². The van der Waals surface area contributed by atoms with Gasteiger partial charge in [0.2, 0.25) is 17.2 Å². The average molecular weight is 1400 g/mol. The van der Waals surface area contributed by atoms with Gasteiger partial charge >= 0.3 is 0 Å². The Labute approximate surface area is 539 Å². The van der Waals surface area contributed by atoms with Gasteiger partial charge in [0.1, 0.15) is 58.5 Å². The van der Waals surface area contributed by atoms with Crippen LogP contribution in [0.2, 0.25) is 0 Å². The second-order valence-electron chi connectivity index (χ2n) is 23.5. The van der Waals surface area contributed by atoms with Gasteiger partial charge in [0.25, 0.3) is 0 Å². The predicted octanol–water partition coefficient (Wildman–Crippen LogP) is 4.21. The minimum atomic E-state index is -1.80. The number of ketones is 2. The number of hydrogen-bond acceptors (Lipinski definition) is 26. The summed E-state index contributed by atoms with van der Waals surface area (Å²) in [5, 5.41) is 70.8. The fraction of sp³-hybridized carbons (Fsp3) is 0.705. The Bertz CT molecular complexity index is 2950. The second-order valence-corrected chi connectivity index (χ2v) is 28.7. The number of ether oxygens (including phenoxy) is 11. The molecule has 8 rings (SSSR count). The third-order valence-electron chi connectivity index (χ3n) is 17.2. The summed E-state index contributed by atoms with van der Waals surface area (Å²) >= 11 is 2.84. The topological polar surface area (TPSA) is 311 Å². The van der Waals surface area contributed by atoms with Crippen molar-refractivity contribution in [1.82, 2.24) is 10.8 Å². The number of allylic oxidation sites excluding steroid dienone is 2. The Morgan fingerprint density at radius 2 is 1.65 bits per heavy atom. The van der Waals surface area contributed by atoms with Gasteiger partial charge in [-0.1, -0.05) is 70.0 Å². The van der Waals surface area contributed by atoms with Crippen LogP contribution in [0.4, 0.5) is 0 Å².